The van der Waals surface area contributed by atoms with Gasteiger partial charge in [0.25, 0.3) is 0 Å². The zero-order valence-corrected chi connectivity index (χ0v) is 14.2. The molecule has 0 radical (unpaired) electrons. The molecule has 25 heavy (non-hydrogen) atoms. The van der Waals surface area contributed by atoms with Gasteiger partial charge < -0.3 is 4.74 Å². The van der Waals surface area contributed by atoms with Crippen LogP contribution in [0.4, 0.5) is 0 Å². The van der Waals surface area contributed by atoms with Crippen molar-refractivity contribution in [3.63, 3.8) is 0 Å². The highest BCUT2D eigenvalue weighted by Gasteiger charge is 2.26. The first-order valence-electron chi connectivity index (χ1n) is 9.01. The lowest BCUT2D eigenvalue weighted by molar-refractivity contribution is 0.0798. The Hall–Kier alpha value is -2.62. The van der Waals surface area contributed by atoms with Crippen molar-refractivity contribution in [3.8, 4) is 5.75 Å². The molecule has 1 aromatic heterocycles. The van der Waals surface area contributed by atoms with Crippen molar-refractivity contribution in [3.05, 3.63) is 60.4 Å². The van der Waals surface area contributed by atoms with E-state index in [1.807, 2.05) is 54.6 Å². The minimum Gasteiger partial charge on any atom is -0.486 e. The van der Waals surface area contributed by atoms with Crippen LogP contribution in [0.3, 0.4) is 0 Å². The maximum absolute atomic E-state index is 13.2. The smallest absolute Gasteiger partial charge is 0.235 e. The molecule has 1 heterocycles. The van der Waals surface area contributed by atoms with Crippen LogP contribution in [0.1, 0.15) is 42.7 Å². The molecule has 0 bridgehead atoms. The van der Waals surface area contributed by atoms with Crippen molar-refractivity contribution < 1.29 is 9.53 Å². The van der Waals surface area contributed by atoms with Crippen molar-refractivity contribution in [1.29, 1.82) is 0 Å². The highest BCUT2D eigenvalue weighted by atomic mass is 16.5. The molecular formula is C21H22N2O2. The second kappa shape index (κ2) is 7.09. The van der Waals surface area contributed by atoms with Gasteiger partial charge in [-0.15, -0.1) is 0 Å². The van der Waals surface area contributed by atoms with Crippen molar-refractivity contribution in [2.75, 3.05) is 0 Å². The van der Waals surface area contributed by atoms with Crippen LogP contribution in [-0.4, -0.2) is 15.5 Å². The largest absolute Gasteiger partial charge is 0.486 e. The van der Waals surface area contributed by atoms with Gasteiger partial charge in [-0.1, -0.05) is 49.6 Å². The maximum Gasteiger partial charge on any atom is 0.235 e. The van der Waals surface area contributed by atoms with Gasteiger partial charge in [0.05, 0.1) is 11.0 Å². The summed E-state index contributed by atoms with van der Waals surface area (Å²) < 4.78 is 7.65. The summed E-state index contributed by atoms with van der Waals surface area (Å²) in [6, 6.07) is 17.5. The van der Waals surface area contributed by atoms with Gasteiger partial charge in [0, 0.05) is 5.92 Å². The predicted molar refractivity (Wildman–Crippen MR) is 97.7 cm³/mol. The standard InChI is InChI=1S/C21H22N2O2/c24-21(16-9-3-1-4-10-16)23-19-14-8-7-13-18(19)22-20(23)15-25-17-11-5-2-6-12-17/h2,5-8,11-14,16H,1,3-4,9-10,15H2. The highest BCUT2D eigenvalue weighted by molar-refractivity contribution is 5.92. The summed E-state index contributed by atoms with van der Waals surface area (Å²) in [6.45, 7) is 0.289. The lowest BCUT2D eigenvalue weighted by Crippen LogP contribution is -2.26. The Balaban J connectivity index is 1.66. The summed E-state index contributed by atoms with van der Waals surface area (Å²) in [6.07, 6.45) is 5.46. The molecule has 0 atom stereocenters. The van der Waals surface area contributed by atoms with E-state index in [2.05, 4.69) is 4.98 Å². The van der Waals surface area contributed by atoms with Crippen molar-refractivity contribution in [1.82, 2.24) is 9.55 Å². The Kier molecular flexibility index (Phi) is 4.51. The molecule has 2 aromatic carbocycles. The minimum absolute atomic E-state index is 0.0989. The number of fused-ring (bicyclic) bond motifs is 1. The topological polar surface area (TPSA) is 44.1 Å². The number of imidazole rings is 1. The van der Waals surface area contributed by atoms with E-state index >= 15 is 0 Å². The summed E-state index contributed by atoms with van der Waals surface area (Å²) in [5, 5.41) is 0. The Labute approximate surface area is 147 Å². The molecule has 128 valence electrons. The maximum atomic E-state index is 13.2. The number of aromatic nitrogens is 2. The molecule has 3 aromatic rings. The summed E-state index contributed by atoms with van der Waals surface area (Å²) in [4.78, 5) is 17.8. The van der Waals surface area contributed by atoms with E-state index in [1.165, 1.54) is 6.42 Å². The number of carbonyl (C=O) groups excluding carboxylic acids is 1. The molecule has 4 nitrogen and oxygen atoms in total. The lowest BCUT2D eigenvalue weighted by atomic mass is 9.88. The fourth-order valence-electron chi connectivity index (χ4n) is 3.62. The Morgan fingerprint density at radius 1 is 1.00 bits per heavy atom. The third-order valence-corrected chi connectivity index (χ3v) is 4.92. The molecule has 0 unspecified atom stereocenters. The number of carbonyl (C=O) groups is 1. The van der Waals surface area contributed by atoms with E-state index in [9.17, 15) is 4.79 Å². The highest BCUT2D eigenvalue weighted by Crippen LogP contribution is 2.28. The van der Waals surface area contributed by atoms with Gasteiger partial charge in [0.2, 0.25) is 5.91 Å². The van der Waals surface area contributed by atoms with Gasteiger partial charge in [-0.3, -0.25) is 9.36 Å². The molecule has 0 N–H and O–H groups in total. The molecular weight excluding hydrogens is 312 g/mol. The Morgan fingerprint density at radius 2 is 1.72 bits per heavy atom. The van der Waals surface area contributed by atoms with E-state index in [0.717, 1.165) is 42.5 Å². The molecule has 1 fully saturated rings. The molecule has 1 aliphatic rings. The fraction of sp³-hybridized carbons (Fsp3) is 0.333. The SMILES string of the molecule is O=C(C1CCCCC1)n1c(COc2ccccc2)nc2ccccc21. The van der Waals surface area contributed by atoms with Crippen LogP contribution < -0.4 is 4.74 Å². The van der Waals surface area contributed by atoms with Crippen LogP contribution in [0, 0.1) is 5.92 Å². The average Bonchev–Trinajstić information content (AvgIpc) is 3.05. The van der Waals surface area contributed by atoms with Gasteiger partial charge in [-0.05, 0) is 37.1 Å². The van der Waals surface area contributed by atoms with Crippen molar-refractivity contribution in [2.45, 2.75) is 38.7 Å². The molecule has 0 spiro atoms. The van der Waals surface area contributed by atoms with Gasteiger partial charge in [-0.2, -0.15) is 0 Å². The van der Waals surface area contributed by atoms with E-state index in [0.29, 0.717) is 5.82 Å². The van der Waals surface area contributed by atoms with Crippen molar-refractivity contribution in [2.24, 2.45) is 5.92 Å². The number of nitrogens with zero attached hydrogens (tertiary/aromatic N) is 2. The molecule has 4 rings (SSSR count). The molecule has 0 amide bonds. The first-order chi connectivity index (χ1) is 12.3. The first-order valence-corrected chi connectivity index (χ1v) is 9.01. The minimum atomic E-state index is 0.0989. The number of hydrogen-bond acceptors (Lipinski definition) is 3. The van der Waals surface area contributed by atoms with Crippen molar-refractivity contribution >= 4 is 16.9 Å². The summed E-state index contributed by atoms with van der Waals surface area (Å²) in [5.74, 6) is 1.73. The van der Waals surface area contributed by atoms with Gasteiger partial charge in [0.15, 0.2) is 5.82 Å². The Bertz CT molecular complexity index is 864. The monoisotopic (exact) mass is 334 g/mol. The van der Waals surface area contributed by atoms with Gasteiger partial charge in [0.1, 0.15) is 12.4 Å². The molecule has 1 aliphatic carbocycles. The second-order valence-electron chi connectivity index (χ2n) is 6.63. The zero-order chi connectivity index (χ0) is 17.1. The molecule has 0 saturated heterocycles. The first kappa shape index (κ1) is 15.9. The number of para-hydroxylation sites is 3. The third-order valence-electron chi connectivity index (χ3n) is 4.92. The normalized spacial score (nSPS) is 15.4. The van der Waals surface area contributed by atoms with E-state index in [1.54, 1.807) is 4.57 Å². The van der Waals surface area contributed by atoms with Gasteiger partial charge in [-0.25, -0.2) is 4.98 Å². The summed E-state index contributed by atoms with van der Waals surface area (Å²) in [7, 11) is 0. The quantitative estimate of drug-likeness (QED) is 0.686. The van der Waals surface area contributed by atoms with E-state index in [-0.39, 0.29) is 18.4 Å². The summed E-state index contributed by atoms with van der Waals surface area (Å²) in [5.41, 5.74) is 1.73. The van der Waals surface area contributed by atoms with Crippen LogP contribution in [0.25, 0.3) is 11.0 Å². The van der Waals surface area contributed by atoms with Gasteiger partial charge >= 0.3 is 0 Å². The zero-order valence-electron chi connectivity index (χ0n) is 14.2. The number of ether oxygens (including phenoxy) is 1. The van der Waals surface area contributed by atoms with Crippen LogP contribution >= 0.6 is 0 Å². The van der Waals surface area contributed by atoms with Crippen LogP contribution in [0.15, 0.2) is 54.6 Å². The summed E-state index contributed by atoms with van der Waals surface area (Å²) >= 11 is 0. The van der Waals surface area contributed by atoms with E-state index < -0.39 is 0 Å². The Morgan fingerprint density at radius 3 is 2.52 bits per heavy atom. The molecule has 0 aliphatic heterocycles. The fourth-order valence-corrected chi connectivity index (χ4v) is 3.62. The van der Waals surface area contributed by atoms with Crippen LogP contribution in [-0.2, 0) is 6.61 Å². The number of benzene rings is 2. The number of hydrogen-bond donors (Lipinski definition) is 0. The van der Waals surface area contributed by atoms with Crippen LogP contribution in [0.5, 0.6) is 5.75 Å². The molecule has 1 saturated carbocycles. The molecule has 4 heteroatoms. The number of rotatable bonds is 4. The lowest BCUT2D eigenvalue weighted by Gasteiger charge is -2.21. The second-order valence-corrected chi connectivity index (χ2v) is 6.63. The third kappa shape index (κ3) is 3.29. The van der Waals surface area contributed by atoms with Crippen LogP contribution in [0.2, 0.25) is 0 Å². The van der Waals surface area contributed by atoms with E-state index in [4.69, 9.17) is 4.74 Å². The average molecular weight is 334 g/mol. The predicted octanol–water partition coefficient (Wildman–Crippen LogP) is 4.84.